The predicted molar refractivity (Wildman–Crippen MR) is 72.9 cm³/mol. The SMILES string of the molecule is COc1ccc([I+](OS(=O)(=O)C(F)(F)F)c2ccccc2)cc1. The number of benzene rings is 2. The van der Waals surface area contributed by atoms with Gasteiger partial charge in [-0.25, -0.2) is 0 Å². The average Bonchev–Trinajstić information content (AvgIpc) is 2.52. The molecule has 0 atom stereocenters. The zero-order valence-corrected chi connectivity index (χ0v) is 14.7. The van der Waals surface area contributed by atoms with Crippen LogP contribution in [0, 0.1) is 7.14 Å². The molecule has 0 aromatic heterocycles. The van der Waals surface area contributed by atoms with E-state index in [0.29, 0.717) is 12.9 Å². The minimum Gasteiger partial charge on any atom is -0.497 e. The maximum absolute atomic E-state index is 12.6. The summed E-state index contributed by atoms with van der Waals surface area (Å²) in [4.78, 5) is 0. The van der Waals surface area contributed by atoms with Crippen molar-refractivity contribution in [1.29, 1.82) is 0 Å². The van der Waals surface area contributed by atoms with Gasteiger partial charge in [0.1, 0.15) is 5.75 Å². The molecular weight excluding hydrogens is 448 g/mol. The fraction of sp³-hybridized carbons (Fsp3) is 0.143. The summed E-state index contributed by atoms with van der Waals surface area (Å²) in [6.07, 6.45) is 0. The first-order valence-corrected chi connectivity index (χ1v) is 10.6. The Kier molecular flexibility index (Phi) is 5.53. The molecule has 125 valence electrons. The van der Waals surface area contributed by atoms with Crippen LogP contribution in [-0.2, 0) is 12.6 Å². The molecule has 2 aromatic carbocycles. The van der Waals surface area contributed by atoms with Gasteiger partial charge in [-0.1, -0.05) is 18.2 Å². The lowest BCUT2D eigenvalue weighted by Gasteiger charge is -2.08. The standard InChI is InChI=1S/C14H12F3IO4S/c1-21-13-9-7-12(8-10-13)18(11-5-3-2-4-6-11)22-23(19,20)14(15,16)17/h2-10H,1H3/q+1. The fourth-order valence-corrected chi connectivity index (χ4v) is 7.99. The van der Waals surface area contributed by atoms with Gasteiger partial charge in [0.15, 0.2) is 7.14 Å². The van der Waals surface area contributed by atoms with Crippen LogP contribution in [0.3, 0.4) is 0 Å². The summed E-state index contributed by atoms with van der Waals surface area (Å²) in [7, 11) is -4.22. The van der Waals surface area contributed by atoms with Gasteiger partial charge in [0.2, 0.25) is 0 Å². The number of methoxy groups -OCH3 is 1. The van der Waals surface area contributed by atoms with Crippen molar-refractivity contribution in [3.05, 3.63) is 61.7 Å². The van der Waals surface area contributed by atoms with Crippen molar-refractivity contribution < 1.29 is 49.1 Å². The Morgan fingerprint density at radius 1 is 0.913 bits per heavy atom. The van der Waals surface area contributed by atoms with Crippen molar-refractivity contribution in [3.63, 3.8) is 0 Å². The van der Waals surface area contributed by atoms with Crippen LogP contribution in [0.25, 0.3) is 0 Å². The van der Waals surface area contributed by atoms with Crippen molar-refractivity contribution in [2.24, 2.45) is 0 Å². The third-order valence-corrected chi connectivity index (χ3v) is 9.67. The quantitative estimate of drug-likeness (QED) is 0.471. The Bertz CT molecular complexity index is 746. The zero-order chi connectivity index (χ0) is 17.1. The molecule has 0 amide bonds. The minimum atomic E-state index is -5.67. The van der Waals surface area contributed by atoms with E-state index in [2.05, 4.69) is 2.51 Å². The van der Waals surface area contributed by atoms with E-state index in [0.717, 1.165) is 0 Å². The molecule has 2 rings (SSSR count). The summed E-state index contributed by atoms with van der Waals surface area (Å²) in [6, 6.07) is 14.2. The lowest BCUT2D eigenvalue weighted by atomic mass is 10.3. The fourth-order valence-electron chi connectivity index (χ4n) is 1.53. The molecule has 23 heavy (non-hydrogen) atoms. The molecule has 0 aliphatic carbocycles. The molecule has 0 fully saturated rings. The lowest BCUT2D eigenvalue weighted by Crippen LogP contribution is -3.85. The predicted octanol–water partition coefficient (Wildman–Crippen LogP) is 0.140. The highest BCUT2D eigenvalue weighted by Crippen LogP contribution is 2.22. The van der Waals surface area contributed by atoms with Crippen LogP contribution < -0.4 is 25.0 Å². The molecule has 9 heteroatoms. The second-order valence-electron chi connectivity index (χ2n) is 4.17. The summed E-state index contributed by atoms with van der Waals surface area (Å²) in [5, 5.41) is 0. The van der Waals surface area contributed by atoms with E-state index in [9.17, 15) is 21.6 Å². The Hall–Kier alpha value is -1.33. The summed E-state index contributed by atoms with van der Waals surface area (Å²) >= 11 is -3.28. The molecule has 0 aliphatic heterocycles. The van der Waals surface area contributed by atoms with Gasteiger partial charge in [0, 0.05) is 0 Å². The van der Waals surface area contributed by atoms with E-state index < -0.39 is 35.9 Å². The largest absolute Gasteiger partial charge is 0.526 e. The van der Waals surface area contributed by atoms with E-state index in [1.807, 2.05) is 0 Å². The van der Waals surface area contributed by atoms with Crippen LogP contribution in [0.1, 0.15) is 0 Å². The summed E-state index contributed by atoms with van der Waals surface area (Å²) < 4.78 is 71.2. The highest BCUT2D eigenvalue weighted by Gasteiger charge is 2.54. The number of alkyl halides is 3. The third kappa shape index (κ3) is 4.36. The number of rotatable bonds is 5. The van der Waals surface area contributed by atoms with E-state index in [1.54, 1.807) is 42.5 Å². The van der Waals surface area contributed by atoms with E-state index in [-0.39, 0.29) is 0 Å². The van der Waals surface area contributed by atoms with Crippen LogP contribution >= 0.6 is 0 Å². The molecule has 0 aliphatic rings. The van der Waals surface area contributed by atoms with Gasteiger partial charge >= 0.3 is 35.9 Å². The molecule has 0 N–H and O–H groups in total. The normalized spacial score (nSPS) is 12.4. The number of hydrogen-bond donors (Lipinski definition) is 0. The Labute approximate surface area is 139 Å². The van der Waals surface area contributed by atoms with E-state index in [4.69, 9.17) is 4.74 Å². The van der Waals surface area contributed by atoms with E-state index in [1.165, 1.54) is 19.2 Å². The van der Waals surface area contributed by atoms with E-state index >= 15 is 0 Å². The monoisotopic (exact) mass is 460 g/mol. The lowest BCUT2D eigenvalue weighted by molar-refractivity contribution is -1.03. The number of hydrogen-bond acceptors (Lipinski definition) is 4. The Morgan fingerprint density at radius 3 is 1.91 bits per heavy atom. The van der Waals surface area contributed by atoms with Crippen molar-refractivity contribution in [3.8, 4) is 5.75 Å². The van der Waals surface area contributed by atoms with Crippen molar-refractivity contribution >= 4 is 10.1 Å². The van der Waals surface area contributed by atoms with Gasteiger partial charge < -0.3 is 4.74 Å². The zero-order valence-electron chi connectivity index (χ0n) is 11.7. The molecule has 0 unspecified atom stereocenters. The molecule has 0 bridgehead atoms. The maximum atomic E-state index is 12.6. The number of ether oxygens (including phenoxy) is 1. The van der Waals surface area contributed by atoms with Crippen molar-refractivity contribution in [1.82, 2.24) is 0 Å². The first-order valence-electron chi connectivity index (χ1n) is 6.15. The number of halogens is 4. The van der Waals surface area contributed by atoms with Crippen LogP contribution in [0.15, 0.2) is 54.6 Å². The molecule has 0 saturated heterocycles. The summed E-state index contributed by atoms with van der Waals surface area (Å²) in [5.41, 5.74) is -5.45. The van der Waals surface area contributed by atoms with Gasteiger partial charge in [0.25, 0.3) is 0 Å². The molecule has 0 saturated carbocycles. The van der Waals surface area contributed by atoms with Crippen LogP contribution in [0.4, 0.5) is 13.2 Å². The summed E-state index contributed by atoms with van der Waals surface area (Å²) in [5.74, 6) is 0.510. The molecular formula is C14H12F3IO4S+. The average molecular weight is 460 g/mol. The third-order valence-electron chi connectivity index (χ3n) is 2.61. The second-order valence-corrected chi connectivity index (χ2v) is 10.7. The molecule has 1 radical (unpaired) electrons. The Balaban J connectivity index is 2.44. The van der Waals surface area contributed by atoms with Gasteiger partial charge in [0.05, 0.1) is 7.11 Å². The molecule has 0 spiro atoms. The maximum Gasteiger partial charge on any atom is 0.526 e. The van der Waals surface area contributed by atoms with Crippen molar-refractivity contribution in [2.45, 2.75) is 5.51 Å². The van der Waals surface area contributed by atoms with Crippen LogP contribution in [0.5, 0.6) is 5.75 Å². The first-order chi connectivity index (χ1) is 10.7. The molecule has 2 aromatic rings. The first kappa shape index (κ1) is 18.0. The van der Waals surface area contributed by atoms with Crippen molar-refractivity contribution in [2.75, 3.05) is 7.11 Å². The highest BCUT2D eigenvalue weighted by molar-refractivity contribution is 7.87. The highest BCUT2D eigenvalue weighted by atomic mass is 127. The Morgan fingerprint density at radius 2 is 1.43 bits per heavy atom. The van der Waals surface area contributed by atoms with Gasteiger partial charge in [-0.2, -0.15) is 21.6 Å². The van der Waals surface area contributed by atoms with Crippen LogP contribution in [-0.4, -0.2) is 21.0 Å². The molecule has 4 nitrogen and oxygen atoms in total. The summed E-state index contributed by atoms with van der Waals surface area (Å²) in [6.45, 7) is 0. The van der Waals surface area contributed by atoms with Gasteiger partial charge in [-0.15, -0.1) is 0 Å². The van der Waals surface area contributed by atoms with Crippen LogP contribution in [0.2, 0.25) is 0 Å². The van der Waals surface area contributed by atoms with Gasteiger partial charge in [-0.05, 0) is 38.9 Å². The topological polar surface area (TPSA) is 52.6 Å². The second kappa shape index (κ2) is 7.05. The van der Waals surface area contributed by atoms with Gasteiger partial charge in [-0.3, -0.25) is 0 Å². The smallest absolute Gasteiger partial charge is 0.497 e. The molecule has 0 heterocycles. The minimum absolute atomic E-state index is 0.411.